The van der Waals surface area contributed by atoms with E-state index in [4.69, 9.17) is 54.4 Å². The summed E-state index contributed by atoms with van der Waals surface area (Å²) < 4.78 is 22.1. The molecule has 0 saturated heterocycles. The second-order valence-electron chi connectivity index (χ2n) is 9.92. The zero-order valence-electron chi connectivity index (χ0n) is 25.7. The van der Waals surface area contributed by atoms with Crippen LogP contribution in [0.3, 0.4) is 0 Å². The van der Waals surface area contributed by atoms with Crippen LogP contribution in [0, 0.1) is 0 Å². The lowest BCUT2D eigenvalue weighted by atomic mass is 9.95. The van der Waals surface area contributed by atoms with Crippen molar-refractivity contribution in [2.24, 2.45) is 5.10 Å². The van der Waals surface area contributed by atoms with E-state index in [2.05, 4.69) is 21.2 Å². The molecule has 0 bridgehead atoms. The van der Waals surface area contributed by atoms with Gasteiger partial charge in [0, 0.05) is 21.8 Å². The number of benzene rings is 3. The number of thiocarbonyl (C=S) groups is 1. The van der Waals surface area contributed by atoms with Crippen molar-refractivity contribution >= 4 is 64.6 Å². The second-order valence-corrected chi connectivity index (χ2v) is 11.2. The van der Waals surface area contributed by atoms with Crippen LogP contribution in [0.5, 0.6) is 11.5 Å². The summed E-state index contributed by atoms with van der Waals surface area (Å²) in [5.74, 6) is -0.817. The fraction of sp³-hybridized carbons (Fsp3) is 0.242. The van der Waals surface area contributed by atoms with Crippen molar-refractivity contribution in [3.8, 4) is 11.5 Å². The number of esters is 2. The Morgan fingerprint density at radius 1 is 0.979 bits per heavy atom. The van der Waals surface area contributed by atoms with Gasteiger partial charge in [0.1, 0.15) is 18.1 Å². The molecule has 0 radical (unpaired) electrons. The molecule has 1 aliphatic heterocycles. The molecule has 1 amide bonds. The maximum Gasteiger partial charge on any atom is 0.338 e. The van der Waals surface area contributed by atoms with Crippen molar-refractivity contribution < 1.29 is 33.3 Å². The lowest BCUT2D eigenvalue weighted by molar-refractivity contribution is -0.139. The van der Waals surface area contributed by atoms with Gasteiger partial charge in [-0.25, -0.2) is 15.0 Å². The van der Waals surface area contributed by atoms with E-state index in [1.54, 1.807) is 75.4 Å². The van der Waals surface area contributed by atoms with E-state index in [0.29, 0.717) is 49.6 Å². The van der Waals surface area contributed by atoms with E-state index >= 15 is 0 Å². The van der Waals surface area contributed by atoms with E-state index < -0.39 is 23.9 Å². The number of hydrazone groups is 1. The molecule has 3 aromatic rings. The van der Waals surface area contributed by atoms with Crippen molar-refractivity contribution in [1.82, 2.24) is 16.1 Å². The molecule has 0 spiro atoms. The van der Waals surface area contributed by atoms with Gasteiger partial charge in [-0.05, 0) is 68.9 Å². The van der Waals surface area contributed by atoms with Gasteiger partial charge in [-0.3, -0.25) is 4.79 Å². The Morgan fingerprint density at radius 2 is 1.68 bits per heavy atom. The van der Waals surface area contributed by atoms with Gasteiger partial charge in [-0.2, -0.15) is 5.10 Å². The number of amides is 1. The lowest BCUT2D eigenvalue weighted by Gasteiger charge is -2.30. The number of nitrogens with zero attached hydrogens (tertiary/aromatic N) is 1. The maximum atomic E-state index is 12.8. The van der Waals surface area contributed by atoms with E-state index in [1.165, 1.54) is 12.3 Å². The number of para-hydroxylation sites is 1. The second kappa shape index (κ2) is 16.8. The molecule has 3 N–H and O–H groups in total. The number of allylic oxidation sites excluding steroid dienone is 1. The van der Waals surface area contributed by atoms with Crippen LogP contribution in [0.4, 0.5) is 0 Å². The molecule has 1 aliphatic rings. The molecule has 3 aromatic carbocycles. The molecule has 1 atom stereocenters. The highest BCUT2D eigenvalue weighted by molar-refractivity contribution is 7.80. The molecule has 14 heteroatoms. The number of carbonyl (C=O) groups is 3. The highest BCUT2D eigenvalue weighted by atomic mass is 35.5. The average molecular weight is 700 g/mol. The molecular weight excluding hydrogens is 667 g/mol. The first-order valence-electron chi connectivity index (χ1n) is 14.5. The minimum atomic E-state index is -0.665. The van der Waals surface area contributed by atoms with Gasteiger partial charge in [-0.15, -0.1) is 0 Å². The third-order valence-corrected chi connectivity index (χ3v) is 7.35. The van der Waals surface area contributed by atoms with E-state index in [0.717, 1.165) is 5.56 Å². The number of ether oxygens (including phenoxy) is 4. The predicted octanol–water partition coefficient (Wildman–Crippen LogP) is 5.63. The molecular formula is C33H32Cl2N4O7S. The first kappa shape index (κ1) is 35.2. The molecule has 0 aromatic heterocycles. The molecule has 0 saturated carbocycles. The molecule has 47 heavy (non-hydrogen) atoms. The number of rotatable bonds is 13. The maximum absolute atomic E-state index is 12.8. The van der Waals surface area contributed by atoms with E-state index in [-0.39, 0.29) is 31.5 Å². The van der Waals surface area contributed by atoms with Crippen LogP contribution in [0.25, 0.3) is 0 Å². The summed E-state index contributed by atoms with van der Waals surface area (Å²) in [6, 6.07) is 16.2. The Hall–Kier alpha value is -4.65. The predicted molar refractivity (Wildman–Crippen MR) is 182 cm³/mol. The molecule has 0 fully saturated rings. The van der Waals surface area contributed by atoms with Crippen molar-refractivity contribution in [2.75, 3.05) is 19.8 Å². The fourth-order valence-corrected chi connectivity index (χ4v) is 5.38. The van der Waals surface area contributed by atoms with Crippen LogP contribution in [-0.4, -0.2) is 49.0 Å². The molecule has 246 valence electrons. The fourth-order valence-electron chi connectivity index (χ4n) is 4.54. The van der Waals surface area contributed by atoms with Gasteiger partial charge < -0.3 is 29.6 Å². The van der Waals surface area contributed by atoms with Crippen LogP contribution >= 0.6 is 35.4 Å². The normalized spacial score (nSPS) is 14.2. The van der Waals surface area contributed by atoms with Gasteiger partial charge in [0.2, 0.25) is 0 Å². The first-order chi connectivity index (χ1) is 22.6. The highest BCUT2D eigenvalue weighted by Gasteiger charge is 2.32. The summed E-state index contributed by atoms with van der Waals surface area (Å²) in [4.78, 5) is 37.4. The van der Waals surface area contributed by atoms with E-state index in [9.17, 15) is 14.4 Å². The number of hydrogen-bond donors (Lipinski definition) is 3. The minimum Gasteiger partial charge on any atom is -0.487 e. The Balaban J connectivity index is 1.41. The zero-order chi connectivity index (χ0) is 33.9. The third kappa shape index (κ3) is 9.44. The van der Waals surface area contributed by atoms with Gasteiger partial charge in [0.25, 0.3) is 5.91 Å². The molecule has 11 nitrogen and oxygen atoms in total. The molecule has 4 rings (SSSR count). The Kier molecular flexibility index (Phi) is 12.6. The smallest absolute Gasteiger partial charge is 0.338 e. The number of halogens is 2. The summed E-state index contributed by atoms with van der Waals surface area (Å²) in [7, 11) is 0. The van der Waals surface area contributed by atoms with Crippen molar-refractivity contribution in [3.63, 3.8) is 0 Å². The number of hydrogen-bond acceptors (Lipinski definition) is 9. The standard InChI is InChI=1S/C33H32Cl2N4O7S/c1-4-43-31(41)21-12-10-20(11-13-21)17-46-30-22(14-23(34)15-25(30)35)16-36-39-27(40)18-45-26-9-7-6-8-24(26)29-28(32(42)44-5-2)19(3)37-33(47)38-29/h6-16,29H,4-5,17-18H2,1-3H3,(H,39,40)(H2,37,38,47)/t29-/m1/s1. The monoisotopic (exact) mass is 698 g/mol. The van der Waals surface area contributed by atoms with Crippen LogP contribution in [-0.2, 0) is 25.7 Å². The molecule has 0 unspecified atom stereocenters. The topological polar surface area (TPSA) is 137 Å². The summed E-state index contributed by atoms with van der Waals surface area (Å²) in [6.07, 6.45) is 1.35. The van der Waals surface area contributed by atoms with Crippen LogP contribution in [0.2, 0.25) is 10.0 Å². The largest absolute Gasteiger partial charge is 0.487 e. The Bertz CT molecular complexity index is 1710. The van der Waals surface area contributed by atoms with Gasteiger partial charge >= 0.3 is 11.9 Å². The number of nitrogens with one attached hydrogen (secondary N) is 3. The average Bonchev–Trinajstić information content (AvgIpc) is 3.03. The Labute approximate surface area is 287 Å². The summed E-state index contributed by atoms with van der Waals surface area (Å²) in [6.45, 7) is 5.43. The van der Waals surface area contributed by atoms with Crippen LogP contribution in [0.15, 0.2) is 77.0 Å². The third-order valence-electron chi connectivity index (χ3n) is 6.63. The first-order valence-corrected chi connectivity index (χ1v) is 15.6. The summed E-state index contributed by atoms with van der Waals surface area (Å²) >= 11 is 17.9. The van der Waals surface area contributed by atoms with Gasteiger partial charge in [-0.1, -0.05) is 53.5 Å². The van der Waals surface area contributed by atoms with Crippen LogP contribution in [0.1, 0.15) is 53.9 Å². The highest BCUT2D eigenvalue weighted by Crippen LogP contribution is 2.34. The van der Waals surface area contributed by atoms with Crippen molar-refractivity contribution in [2.45, 2.75) is 33.4 Å². The summed E-state index contributed by atoms with van der Waals surface area (Å²) in [5, 5.41) is 11.0. The summed E-state index contributed by atoms with van der Waals surface area (Å²) in [5.41, 5.74) is 5.52. The molecule has 0 aliphatic carbocycles. The van der Waals surface area contributed by atoms with Gasteiger partial charge in [0.05, 0.1) is 41.6 Å². The molecule has 1 heterocycles. The minimum absolute atomic E-state index is 0.133. The number of carbonyl (C=O) groups excluding carboxylic acids is 3. The SMILES string of the molecule is CCOC(=O)C1=C(C)NC(=S)N[C@@H]1c1ccccc1OCC(=O)NN=Cc1cc(Cl)cc(Cl)c1OCc1ccc(C(=O)OCC)cc1. The quantitative estimate of drug-likeness (QED) is 0.0891. The van der Waals surface area contributed by atoms with E-state index in [1.807, 2.05) is 0 Å². The zero-order valence-corrected chi connectivity index (χ0v) is 28.1. The van der Waals surface area contributed by atoms with Crippen LogP contribution < -0.4 is 25.5 Å². The van der Waals surface area contributed by atoms with Crippen molar-refractivity contribution in [1.29, 1.82) is 0 Å². The van der Waals surface area contributed by atoms with Crippen molar-refractivity contribution in [3.05, 3.63) is 104 Å². The van der Waals surface area contributed by atoms with Gasteiger partial charge in [0.15, 0.2) is 11.7 Å². The Morgan fingerprint density at radius 3 is 2.40 bits per heavy atom. The lowest BCUT2D eigenvalue weighted by Crippen LogP contribution is -2.45.